The quantitative estimate of drug-likeness (QED) is 0.482. The normalized spacial score (nSPS) is 16.1. The third kappa shape index (κ3) is 6.29. The van der Waals surface area contributed by atoms with Gasteiger partial charge in [-0.3, -0.25) is 9.59 Å². The minimum Gasteiger partial charge on any atom is -0.469 e. The molecule has 0 bridgehead atoms. The second-order valence-electron chi connectivity index (χ2n) is 8.57. The van der Waals surface area contributed by atoms with Crippen LogP contribution in [0.15, 0.2) is 0 Å². The number of anilines is 1. The van der Waals surface area contributed by atoms with Crippen molar-refractivity contribution in [3.63, 3.8) is 0 Å². The van der Waals surface area contributed by atoms with Gasteiger partial charge in [0.05, 0.1) is 19.3 Å². The van der Waals surface area contributed by atoms with Crippen LogP contribution >= 0.6 is 11.3 Å². The Bertz CT molecular complexity index is 747. The van der Waals surface area contributed by atoms with Gasteiger partial charge in [0.15, 0.2) is 0 Å². The van der Waals surface area contributed by atoms with Gasteiger partial charge in [-0.15, -0.1) is 11.3 Å². The van der Waals surface area contributed by atoms with Crippen molar-refractivity contribution in [2.45, 2.75) is 72.6 Å². The number of fused-ring (bicyclic) bond motifs is 1. The van der Waals surface area contributed by atoms with Gasteiger partial charge in [-0.1, -0.05) is 20.8 Å². The van der Waals surface area contributed by atoms with Gasteiger partial charge in [-0.2, -0.15) is 0 Å². The van der Waals surface area contributed by atoms with Gasteiger partial charge in [0.25, 0.3) is 0 Å². The summed E-state index contributed by atoms with van der Waals surface area (Å²) in [6.45, 7) is 8.83. The number of methoxy groups -OCH3 is 1. The number of hydrogen-bond donors (Lipinski definition) is 1. The van der Waals surface area contributed by atoms with Crippen LogP contribution in [0.2, 0.25) is 0 Å². The van der Waals surface area contributed by atoms with E-state index in [1.165, 1.54) is 23.3 Å². The Balaban J connectivity index is 2.12. The molecule has 0 fully saturated rings. The van der Waals surface area contributed by atoms with Gasteiger partial charge in [-0.25, -0.2) is 4.79 Å². The van der Waals surface area contributed by atoms with Gasteiger partial charge in [-0.05, 0) is 55.9 Å². The van der Waals surface area contributed by atoms with E-state index < -0.39 is 0 Å². The number of carbonyl (C=O) groups excluding carboxylic acids is 3. The average molecular weight is 424 g/mol. The third-order valence-electron chi connectivity index (χ3n) is 5.48. The van der Waals surface area contributed by atoms with Gasteiger partial charge in [0, 0.05) is 17.7 Å². The van der Waals surface area contributed by atoms with Crippen molar-refractivity contribution in [3.8, 4) is 0 Å². The van der Waals surface area contributed by atoms with Gasteiger partial charge in [0.1, 0.15) is 5.00 Å². The molecule has 1 aliphatic rings. The van der Waals surface area contributed by atoms with Crippen LogP contribution in [-0.2, 0) is 31.9 Å². The highest BCUT2D eigenvalue weighted by molar-refractivity contribution is 7.17. The topological polar surface area (TPSA) is 81.7 Å². The lowest BCUT2D eigenvalue weighted by Gasteiger charge is -2.33. The highest BCUT2D eigenvalue weighted by atomic mass is 32.1. The fourth-order valence-corrected chi connectivity index (χ4v) is 5.01. The maximum Gasteiger partial charge on any atom is 0.341 e. The molecule has 1 aliphatic carbocycles. The van der Waals surface area contributed by atoms with Crippen molar-refractivity contribution in [2.24, 2.45) is 11.3 Å². The summed E-state index contributed by atoms with van der Waals surface area (Å²) in [5, 5.41) is 3.52. The number of rotatable bonds is 8. The number of hydrogen-bond acceptors (Lipinski definition) is 6. The second kappa shape index (κ2) is 10.2. The molecular formula is C22H33NO5S. The molecule has 1 N–H and O–H groups in total. The maximum atomic E-state index is 12.6. The van der Waals surface area contributed by atoms with Crippen LogP contribution in [0, 0.1) is 11.3 Å². The summed E-state index contributed by atoms with van der Waals surface area (Å²) in [6, 6.07) is 0. The van der Waals surface area contributed by atoms with E-state index in [4.69, 9.17) is 4.74 Å². The van der Waals surface area contributed by atoms with E-state index in [0.717, 1.165) is 24.8 Å². The molecule has 0 aromatic carbocycles. The molecule has 0 spiro atoms. The van der Waals surface area contributed by atoms with E-state index >= 15 is 0 Å². The van der Waals surface area contributed by atoms with Crippen molar-refractivity contribution < 1.29 is 23.9 Å². The fraction of sp³-hybridized carbons (Fsp3) is 0.682. The maximum absolute atomic E-state index is 12.6. The van der Waals surface area contributed by atoms with Gasteiger partial charge >= 0.3 is 11.9 Å². The van der Waals surface area contributed by atoms with Crippen molar-refractivity contribution in [1.29, 1.82) is 0 Å². The molecule has 1 atom stereocenters. The smallest absolute Gasteiger partial charge is 0.341 e. The zero-order valence-electron chi connectivity index (χ0n) is 18.2. The van der Waals surface area contributed by atoms with Crippen LogP contribution < -0.4 is 5.32 Å². The monoisotopic (exact) mass is 423 g/mol. The summed E-state index contributed by atoms with van der Waals surface area (Å²) in [5.74, 6) is -0.230. The number of unbranched alkanes of at least 4 members (excludes halogenated alkanes) is 1. The molecule has 1 amide bonds. The zero-order valence-corrected chi connectivity index (χ0v) is 19.0. The summed E-state index contributed by atoms with van der Waals surface area (Å²) < 4.78 is 9.88. The van der Waals surface area contributed by atoms with E-state index in [0.29, 0.717) is 48.8 Å². The van der Waals surface area contributed by atoms with Crippen LogP contribution in [0.25, 0.3) is 0 Å². The molecular weight excluding hydrogens is 390 g/mol. The second-order valence-corrected chi connectivity index (χ2v) is 9.67. The first kappa shape index (κ1) is 23.4. The predicted molar refractivity (Wildman–Crippen MR) is 114 cm³/mol. The summed E-state index contributed by atoms with van der Waals surface area (Å²) in [4.78, 5) is 37.4. The molecule has 0 aliphatic heterocycles. The van der Waals surface area contributed by atoms with Crippen LogP contribution in [0.3, 0.4) is 0 Å². The van der Waals surface area contributed by atoms with E-state index in [1.807, 2.05) is 0 Å². The van der Waals surface area contributed by atoms with Crippen LogP contribution in [0.5, 0.6) is 0 Å². The van der Waals surface area contributed by atoms with Gasteiger partial charge < -0.3 is 14.8 Å². The molecule has 0 radical (unpaired) electrons. The molecule has 6 nitrogen and oxygen atoms in total. The van der Waals surface area contributed by atoms with Crippen LogP contribution in [0.1, 0.15) is 80.6 Å². The fourth-order valence-electron chi connectivity index (χ4n) is 3.68. The van der Waals surface area contributed by atoms with Crippen molar-refractivity contribution in [2.75, 3.05) is 19.0 Å². The van der Waals surface area contributed by atoms with Crippen LogP contribution in [-0.4, -0.2) is 31.6 Å². The molecule has 1 aromatic rings. The number of amides is 1. The third-order valence-corrected chi connectivity index (χ3v) is 6.65. The molecule has 2 rings (SSSR count). The molecule has 29 heavy (non-hydrogen) atoms. The summed E-state index contributed by atoms with van der Waals surface area (Å²) in [7, 11) is 1.36. The van der Waals surface area contributed by atoms with E-state index in [2.05, 4.69) is 30.8 Å². The lowest BCUT2D eigenvalue weighted by molar-refractivity contribution is -0.140. The Kier molecular flexibility index (Phi) is 8.25. The minimum absolute atomic E-state index is 0.147. The summed E-state index contributed by atoms with van der Waals surface area (Å²) in [5.41, 5.74) is 1.77. The Morgan fingerprint density at radius 1 is 1.17 bits per heavy atom. The SMILES string of the molecule is CCOC(=O)c1c(NC(=O)CCCCC(=O)OC)sc2c1CC[C@@H](C(C)(C)C)C2. The number of carbonyl (C=O) groups is 3. The van der Waals surface area contributed by atoms with Crippen molar-refractivity contribution in [3.05, 3.63) is 16.0 Å². The standard InChI is InChI=1S/C22H33NO5S/c1-6-28-21(26)19-15-12-11-14(22(2,3)4)13-16(15)29-20(19)23-17(24)9-7-8-10-18(25)27-5/h14H,6-13H2,1-5H3,(H,23,24)/t14-/m1/s1. The first-order chi connectivity index (χ1) is 13.7. The van der Waals surface area contributed by atoms with E-state index in [-0.39, 0.29) is 23.3 Å². The number of ether oxygens (including phenoxy) is 2. The Hall–Kier alpha value is -1.89. The van der Waals surface area contributed by atoms with E-state index in [9.17, 15) is 14.4 Å². The summed E-state index contributed by atoms with van der Waals surface area (Å²) >= 11 is 1.51. The molecule has 1 aromatic heterocycles. The number of esters is 2. The molecule has 162 valence electrons. The molecule has 1 heterocycles. The lowest BCUT2D eigenvalue weighted by Crippen LogP contribution is -2.26. The molecule has 0 saturated heterocycles. The minimum atomic E-state index is -0.361. The molecule has 0 unspecified atom stereocenters. The lowest BCUT2D eigenvalue weighted by atomic mass is 9.72. The molecule has 0 saturated carbocycles. The van der Waals surface area contributed by atoms with Crippen LogP contribution in [0.4, 0.5) is 5.00 Å². The van der Waals surface area contributed by atoms with Crippen molar-refractivity contribution in [1.82, 2.24) is 0 Å². The number of thiophene rings is 1. The van der Waals surface area contributed by atoms with Crippen molar-refractivity contribution >= 4 is 34.2 Å². The first-order valence-electron chi connectivity index (χ1n) is 10.4. The largest absolute Gasteiger partial charge is 0.469 e. The Morgan fingerprint density at radius 3 is 2.48 bits per heavy atom. The van der Waals surface area contributed by atoms with E-state index in [1.54, 1.807) is 6.92 Å². The highest BCUT2D eigenvalue weighted by Gasteiger charge is 2.34. The summed E-state index contributed by atoms with van der Waals surface area (Å²) in [6.07, 6.45) is 4.57. The Morgan fingerprint density at radius 2 is 1.86 bits per heavy atom. The Labute approximate surface area is 177 Å². The zero-order chi connectivity index (χ0) is 21.6. The number of nitrogens with one attached hydrogen (secondary N) is 1. The van der Waals surface area contributed by atoms with Gasteiger partial charge in [0.2, 0.25) is 5.91 Å². The molecule has 7 heteroatoms. The predicted octanol–water partition coefficient (Wildman–Crippen LogP) is 4.75. The first-order valence-corrected chi connectivity index (χ1v) is 11.2. The average Bonchev–Trinajstić information content (AvgIpc) is 3.01. The highest BCUT2D eigenvalue weighted by Crippen LogP contribution is 2.44.